The second-order valence-electron chi connectivity index (χ2n) is 4.63. The third-order valence-corrected chi connectivity index (χ3v) is 3.66. The summed E-state index contributed by atoms with van der Waals surface area (Å²) in [5.74, 6) is -2.07. The number of carboxylic acids is 1. The lowest BCUT2D eigenvalue weighted by Gasteiger charge is -2.18. The van der Waals surface area contributed by atoms with Crippen LogP contribution in [0.2, 0.25) is 5.02 Å². The van der Waals surface area contributed by atoms with Crippen LogP contribution in [0.3, 0.4) is 0 Å². The highest BCUT2D eigenvalue weighted by atomic mass is 35.5. The van der Waals surface area contributed by atoms with Crippen LogP contribution in [-0.2, 0) is 0 Å². The Morgan fingerprint density at radius 1 is 1.50 bits per heavy atom. The standard InChI is InChI=1S/C14H13ClFNO3/c1-3-7(2)17-6-9(14(19)20)13(18)8-4-11(16)10(15)5-12(8)17/h4-7H,3H2,1-2H3,(H,19,20). The molecule has 0 spiro atoms. The summed E-state index contributed by atoms with van der Waals surface area (Å²) >= 11 is 5.76. The first kappa shape index (κ1) is 14.5. The second kappa shape index (κ2) is 5.25. The molecule has 0 saturated carbocycles. The van der Waals surface area contributed by atoms with Gasteiger partial charge in [-0.1, -0.05) is 18.5 Å². The van der Waals surface area contributed by atoms with Crippen molar-refractivity contribution in [2.45, 2.75) is 26.3 Å². The quantitative estimate of drug-likeness (QED) is 0.944. The van der Waals surface area contributed by atoms with Crippen LogP contribution in [0, 0.1) is 5.82 Å². The molecule has 0 fully saturated rings. The van der Waals surface area contributed by atoms with Crippen molar-refractivity contribution in [3.8, 4) is 0 Å². The first-order valence-electron chi connectivity index (χ1n) is 6.14. The molecular weight excluding hydrogens is 285 g/mol. The van der Waals surface area contributed by atoms with Crippen LogP contribution < -0.4 is 5.43 Å². The van der Waals surface area contributed by atoms with E-state index < -0.39 is 17.2 Å². The van der Waals surface area contributed by atoms with Crippen LogP contribution in [-0.4, -0.2) is 15.6 Å². The normalized spacial score (nSPS) is 12.6. The fourth-order valence-electron chi connectivity index (χ4n) is 2.06. The van der Waals surface area contributed by atoms with Crippen molar-refractivity contribution in [1.82, 2.24) is 4.57 Å². The van der Waals surface area contributed by atoms with Crippen molar-refractivity contribution in [3.63, 3.8) is 0 Å². The number of aromatic carboxylic acids is 1. The molecule has 1 N–H and O–H groups in total. The van der Waals surface area contributed by atoms with E-state index in [9.17, 15) is 14.0 Å². The van der Waals surface area contributed by atoms with E-state index in [0.29, 0.717) is 5.52 Å². The van der Waals surface area contributed by atoms with Crippen LogP contribution in [0.5, 0.6) is 0 Å². The zero-order valence-electron chi connectivity index (χ0n) is 11.0. The molecular formula is C14H13ClFNO3. The summed E-state index contributed by atoms with van der Waals surface area (Å²) in [6.45, 7) is 3.81. The maximum Gasteiger partial charge on any atom is 0.341 e. The Morgan fingerprint density at radius 3 is 2.70 bits per heavy atom. The minimum atomic E-state index is -1.33. The second-order valence-corrected chi connectivity index (χ2v) is 5.03. The van der Waals surface area contributed by atoms with Gasteiger partial charge in [-0.15, -0.1) is 0 Å². The summed E-state index contributed by atoms with van der Waals surface area (Å²) in [5, 5.41) is 9.02. The Morgan fingerprint density at radius 2 is 2.15 bits per heavy atom. The van der Waals surface area contributed by atoms with Crippen LogP contribution >= 0.6 is 11.6 Å². The van der Waals surface area contributed by atoms with Crippen molar-refractivity contribution >= 4 is 28.5 Å². The molecule has 0 radical (unpaired) electrons. The van der Waals surface area contributed by atoms with Crippen LogP contribution in [0.15, 0.2) is 23.1 Å². The van der Waals surface area contributed by atoms with Gasteiger partial charge >= 0.3 is 5.97 Å². The average Bonchev–Trinajstić information content (AvgIpc) is 2.40. The number of fused-ring (bicyclic) bond motifs is 1. The number of benzene rings is 1. The molecule has 20 heavy (non-hydrogen) atoms. The maximum absolute atomic E-state index is 13.5. The molecule has 2 rings (SSSR count). The molecule has 1 aromatic carbocycles. The number of aromatic nitrogens is 1. The number of nitrogens with zero attached hydrogens (tertiary/aromatic N) is 1. The summed E-state index contributed by atoms with van der Waals surface area (Å²) in [7, 11) is 0. The van der Waals surface area contributed by atoms with Crippen LogP contribution in [0.4, 0.5) is 4.39 Å². The lowest BCUT2D eigenvalue weighted by molar-refractivity contribution is 0.0694. The Hall–Kier alpha value is -1.88. The molecule has 1 heterocycles. The smallest absolute Gasteiger partial charge is 0.341 e. The average molecular weight is 298 g/mol. The van der Waals surface area contributed by atoms with Crippen molar-refractivity contribution in [2.24, 2.45) is 0 Å². The molecule has 1 aromatic heterocycles. The fraction of sp³-hybridized carbons (Fsp3) is 0.286. The van der Waals surface area contributed by atoms with Gasteiger partial charge in [-0.3, -0.25) is 4.79 Å². The van der Waals surface area contributed by atoms with Crippen LogP contribution in [0.25, 0.3) is 10.9 Å². The SMILES string of the molecule is CCC(C)n1cc(C(=O)O)c(=O)c2cc(F)c(Cl)cc21. The van der Waals surface area contributed by atoms with Gasteiger partial charge in [-0.2, -0.15) is 0 Å². The van der Waals surface area contributed by atoms with E-state index in [0.717, 1.165) is 12.5 Å². The number of carbonyl (C=O) groups is 1. The lowest BCUT2D eigenvalue weighted by Crippen LogP contribution is -2.20. The lowest BCUT2D eigenvalue weighted by atomic mass is 10.1. The van der Waals surface area contributed by atoms with Gasteiger partial charge < -0.3 is 9.67 Å². The Balaban J connectivity index is 2.97. The minimum absolute atomic E-state index is 0.0205. The van der Waals surface area contributed by atoms with Crippen molar-refractivity contribution in [2.75, 3.05) is 0 Å². The van der Waals surface area contributed by atoms with E-state index in [2.05, 4.69) is 0 Å². The van der Waals surface area contributed by atoms with Crippen molar-refractivity contribution in [3.05, 3.63) is 45.0 Å². The fourth-order valence-corrected chi connectivity index (χ4v) is 2.22. The van der Waals surface area contributed by atoms with Crippen molar-refractivity contribution < 1.29 is 14.3 Å². The zero-order valence-corrected chi connectivity index (χ0v) is 11.7. The molecule has 0 bridgehead atoms. The van der Waals surface area contributed by atoms with Gasteiger partial charge in [0.1, 0.15) is 11.4 Å². The summed E-state index contributed by atoms with van der Waals surface area (Å²) < 4.78 is 15.2. The van der Waals surface area contributed by atoms with E-state index >= 15 is 0 Å². The maximum atomic E-state index is 13.5. The first-order valence-corrected chi connectivity index (χ1v) is 6.51. The van der Waals surface area contributed by atoms with E-state index in [1.165, 1.54) is 12.3 Å². The molecule has 0 aliphatic carbocycles. The third-order valence-electron chi connectivity index (χ3n) is 3.37. The van der Waals surface area contributed by atoms with Gasteiger partial charge in [0.25, 0.3) is 0 Å². The van der Waals surface area contributed by atoms with Gasteiger partial charge in [0.15, 0.2) is 0 Å². The highest BCUT2D eigenvalue weighted by molar-refractivity contribution is 6.31. The number of halogens is 2. The molecule has 0 aliphatic heterocycles. The summed E-state index contributed by atoms with van der Waals surface area (Å²) in [5.41, 5.74) is -0.650. The van der Waals surface area contributed by atoms with Crippen LogP contribution in [0.1, 0.15) is 36.7 Å². The molecule has 2 aromatic rings. The van der Waals surface area contributed by atoms with Gasteiger partial charge in [0.2, 0.25) is 5.43 Å². The monoisotopic (exact) mass is 297 g/mol. The molecule has 0 amide bonds. The summed E-state index contributed by atoms with van der Waals surface area (Å²) in [6.07, 6.45) is 2.02. The molecule has 1 atom stereocenters. The highest BCUT2D eigenvalue weighted by Crippen LogP contribution is 2.24. The minimum Gasteiger partial charge on any atom is -0.477 e. The van der Waals surface area contributed by atoms with Gasteiger partial charge in [-0.05, 0) is 25.5 Å². The predicted octanol–water partition coefficient (Wildman–Crippen LogP) is 3.46. The Labute approximate surface area is 119 Å². The number of hydrogen-bond donors (Lipinski definition) is 1. The predicted molar refractivity (Wildman–Crippen MR) is 75.1 cm³/mol. The molecule has 6 heteroatoms. The molecule has 0 aliphatic rings. The zero-order chi connectivity index (χ0) is 15.0. The third kappa shape index (κ3) is 2.29. The summed E-state index contributed by atoms with van der Waals surface area (Å²) in [6, 6.07) is 2.30. The Bertz CT molecular complexity index is 754. The number of pyridine rings is 1. The van der Waals surface area contributed by atoms with Crippen molar-refractivity contribution in [1.29, 1.82) is 0 Å². The first-order chi connectivity index (χ1) is 9.36. The molecule has 0 saturated heterocycles. The van der Waals surface area contributed by atoms with Gasteiger partial charge in [0.05, 0.1) is 10.5 Å². The Kier molecular flexibility index (Phi) is 3.81. The number of carboxylic acid groups (broad SMARTS) is 1. The number of hydrogen-bond acceptors (Lipinski definition) is 2. The largest absolute Gasteiger partial charge is 0.477 e. The highest BCUT2D eigenvalue weighted by Gasteiger charge is 2.18. The van der Waals surface area contributed by atoms with E-state index in [1.807, 2.05) is 13.8 Å². The number of rotatable bonds is 3. The van der Waals surface area contributed by atoms with Gasteiger partial charge in [0, 0.05) is 17.6 Å². The molecule has 1 unspecified atom stereocenters. The van der Waals surface area contributed by atoms with Gasteiger partial charge in [-0.25, -0.2) is 9.18 Å². The molecule has 106 valence electrons. The van der Waals surface area contributed by atoms with E-state index in [1.54, 1.807) is 4.57 Å². The topological polar surface area (TPSA) is 59.3 Å². The molecule has 4 nitrogen and oxygen atoms in total. The van der Waals surface area contributed by atoms with E-state index in [-0.39, 0.29) is 22.0 Å². The van der Waals surface area contributed by atoms with E-state index in [4.69, 9.17) is 16.7 Å². The summed E-state index contributed by atoms with van der Waals surface area (Å²) in [4.78, 5) is 23.2.